The molecule has 1 heterocycles. The summed E-state index contributed by atoms with van der Waals surface area (Å²) in [4.78, 5) is 27.1. The summed E-state index contributed by atoms with van der Waals surface area (Å²) in [5.74, 6) is 0.271. The summed E-state index contributed by atoms with van der Waals surface area (Å²) in [6.07, 6.45) is 7.16. The number of methoxy groups -OCH3 is 1. The van der Waals surface area contributed by atoms with Crippen molar-refractivity contribution >= 4 is 11.7 Å². The van der Waals surface area contributed by atoms with E-state index in [2.05, 4.69) is 0 Å². The smallest absolute Gasteiger partial charge is 0.254 e. The lowest BCUT2D eigenvalue weighted by atomic mass is 9.76. The van der Waals surface area contributed by atoms with Crippen molar-refractivity contribution in [2.45, 2.75) is 51.0 Å². The fourth-order valence-corrected chi connectivity index (χ4v) is 5.14. The third-order valence-corrected chi connectivity index (χ3v) is 6.31. The summed E-state index contributed by atoms with van der Waals surface area (Å²) in [5.41, 5.74) is 2.59. The van der Waals surface area contributed by atoms with E-state index in [1.807, 2.05) is 23.1 Å². The van der Waals surface area contributed by atoms with Gasteiger partial charge >= 0.3 is 0 Å². The zero-order valence-electron chi connectivity index (χ0n) is 14.3. The lowest BCUT2D eigenvalue weighted by molar-refractivity contribution is -0.0295. The summed E-state index contributed by atoms with van der Waals surface area (Å²) < 4.78 is 5.74. The highest BCUT2D eigenvalue weighted by Gasteiger charge is 2.47. The molecule has 4 heteroatoms. The SMILES string of the molecule is CO[C@@H]1CCC[C@@]12CCCN(C(=O)c1cccc3c1CCC3=O)C2. The molecule has 2 atom stereocenters. The van der Waals surface area contributed by atoms with E-state index in [1.54, 1.807) is 7.11 Å². The summed E-state index contributed by atoms with van der Waals surface area (Å²) in [6.45, 7) is 1.61. The van der Waals surface area contributed by atoms with Crippen LogP contribution in [0, 0.1) is 5.41 Å². The second-order valence-corrected chi connectivity index (χ2v) is 7.56. The number of carbonyl (C=O) groups excluding carboxylic acids is 2. The Hall–Kier alpha value is -1.68. The van der Waals surface area contributed by atoms with Gasteiger partial charge in [0.1, 0.15) is 0 Å². The number of hydrogen-bond acceptors (Lipinski definition) is 3. The van der Waals surface area contributed by atoms with Crippen LogP contribution < -0.4 is 0 Å². The van der Waals surface area contributed by atoms with Crippen LogP contribution in [0.25, 0.3) is 0 Å². The molecule has 1 saturated carbocycles. The van der Waals surface area contributed by atoms with E-state index in [1.165, 1.54) is 6.42 Å². The maximum Gasteiger partial charge on any atom is 0.254 e. The highest BCUT2D eigenvalue weighted by molar-refractivity contribution is 6.05. The van der Waals surface area contributed by atoms with Crippen molar-refractivity contribution in [3.05, 3.63) is 34.9 Å². The molecule has 128 valence electrons. The summed E-state index contributed by atoms with van der Waals surface area (Å²) >= 11 is 0. The number of Topliss-reactive ketones (excluding diaryl/α,β-unsaturated/α-hetero) is 1. The molecule has 4 nitrogen and oxygen atoms in total. The first-order valence-corrected chi connectivity index (χ1v) is 9.12. The lowest BCUT2D eigenvalue weighted by Gasteiger charge is -2.43. The molecule has 0 unspecified atom stereocenters. The first kappa shape index (κ1) is 15.8. The van der Waals surface area contributed by atoms with Gasteiger partial charge in [-0.25, -0.2) is 0 Å². The average Bonchev–Trinajstić information content (AvgIpc) is 3.18. The molecular weight excluding hydrogens is 302 g/mol. The number of nitrogens with zero attached hydrogens (tertiary/aromatic N) is 1. The van der Waals surface area contributed by atoms with Gasteiger partial charge in [-0.2, -0.15) is 0 Å². The first-order chi connectivity index (χ1) is 11.6. The predicted molar refractivity (Wildman–Crippen MR) is 91.3 cm³/mol. The van der Waals surface area contributed by atoms with Crippen molar-refractivity contribution in [2.75, 3.05) is 20.2 Å². The Morgan fingerprint density at radius 2 is 2.08 bits per heavy atom. The molecule has 0 radical (unpaired) electrons. The minimum Gasteiger partial charge on any atom is -0.381 e. The summed E-state index contributed by atoms with van der Waals surface area (Å²) in [7, 11) is 1.80. The van der Waals surface area contributed by atoms with Crippen LogP contribution in [0.15, 0.2) is 18.2 Å². The largest absolute Gasteiger partial charge is 0.381 e. The second kappa shape index (κ2) is 5.99. The minimum absolute atomic E-state index is 0.0994. The highest BCUT2D eigenvalue weighted by atomic mass is 16.5. The number of rotatable bonds is 2. The Kier molecular flexibility index (Phi) is 3.95. The molecule has 1 saturated heterocycles. The van der Waals surface area contributed by atoms with Gasteiger partial charge in [-0.3, -0.25) is 9.59 Å². The topological polar surface area (TPSA) is 46.6 Å². The number of ether oxygens (including phenoxy) is 1. The van der Waals surface area contributed by atoms with E-state index in [0.29, 0.717) is 12.8 Å². The van der Waals surface area contributed by atoms with E-state index in [4.69, 9.17) is 4.74 Å². The van der Waals surface area contributed by atoms with Crippen molar-refractivity contribution in [2.24, 2.45) is 5.41 Å². The summed E-state index contributed by atoms with van der Waals surface area (Å²) in [5, 5.41) is 0. The van der Waals surface area contributed by atoms with Crippen molar-refractivity contribution in [1.29, 1.82) is 0 Å². The maximum absolute atomic E-state index is 13.2. The molecule has 24 heavy (non-hydrogen) atoms. The molecule has 4 rings (SSSR count). The third-order valence-electron chi connectivity index (χ3n) is 6.31. The van der Waals surface area contributed by atoms with Crippen molar-refractivity contribution in [3.63, 3.8) is 0 Å². The quantitative estimate of drug-likeness (QED) is 0.838. The fraction of sp³-hybridized carbons (Fsp3) is 0.600. The van der Waals surface area contributed by atoms with Crippen LogP contribution in [0.2, 0.25) is 0 Å². The van der Waals surface area contributed by atoms with Gasteiger partial charge in [0.05, 0.1) is 6.10 Å². The molecule has 3 aliphatic rings. The number of ketones is 1. The van der Waals surface area contributed by atoms with Crippen LogP contribution >= 0.6 is 0 Å². The standard InChI is InChI=1S/C20H25NO3/c1-24-18-7-3-10-20(18)11-4-12-21(13-20)19(23)16-6-2-5-15-14(16)8-9-17(15)22/h2,5-6,18H,3-4,7-13H2,1H3/t18-,20+/m1/s1. The average molecular weight is 327 g/mol. The molecule has 1 amide bonds. The first-order valence-electron chi connectivity index (χ1n) is 9.12. The number of fused-ring (bicyclic) bond motifs is 1. The molecule has 0 bridgehead atoms. The van der Waals surface area contributed by atoms with E-state index >= 15 is 0 Å². The Labute approximate surface area is 143 Å². The van der Waals surface area contributed by atoms with Crippen LogP contribution in [0.1, 0.15) is 64.8 Å². The number of benzene rings is 1. The monoisotopic (exact) mass is 327 g/mol. The second-order valence-electron chi connectivity index (χ2n) is 7.56. The van der Waals surface area contributed by atoms with E-state index in [9.17, 15) is 9.59 Å². The van der Waals surface area contributed by atoms with Gasteiger partial charge in [-0.15, -0.1) is 0 Å². The molecule has 0 N–H and O–H groups in total. The zero-order chi connectivity index (χ0) is 16.7. The number of amides is 1. The molecule has 1 aliphatic heterocycles. The van der Waals surface area contributed by atoms with Gasteiger partial charge in [-0.1, -0.05) is 18.6 Å². The third kappa shape index (κ3) is 2.39. The van der Waals surface area contributed by atoms with Crippen LogP contribution in [-0.4, -0.2) is 42.9 Å². The number of likely N-dealkylation sites (tertiary alicyclic amines) is 1. The van der Waals surface area contributed by atoms with E-state index in [-0.39, 0.29) is 23.2 Å². The molecular formula is C20H25NO3. The van der Waals surface area contributed by atoms with Crippen LogP contribution in [-0.2, 0) is 11.2 Å². The Morgan fingerprint density at radius 1 is 1.25 bits per heavy atom. The van der Waals surface area contributed by atoms with Gasteiger partial charge in [0.2, 0.25) is 0 Å². The molecule has 2 fully saturated rings. The van der Waals surface area contributed by atoms with Crippen LogP contribution in [0.3, 0.4) is 0 Å². The van der Waals surface area contributed by atoms with Crippen molar-refractivity contribution in [3.8, 4) is 0 Å². The predicted octanol–water partition coefficient (Wildman–Crippen LogP) is 3.24. The van der Waals surface area contributed by atoms with Crippen molar-refractivity contribution < 1.29 is 14.3 Å². The van der Waals surface area contributed by atoms with E-state index in [0.717, 1.165) is 55.5 Å². The highest BCUT2D eigenvalue weighted by Crippen LogP contribution is 2.46. The Bertz CT molecular complexity index is 683. The summed E-state index contributed by atoms with van der Waals surface area (Å²) in [6, 6.07) is 5.60. The molecule has 2 aliphatic carbocycles. The van der Waals surface area contributed by atoms with Gasteiger partial charge in [0.25, 0.3) is 5.91 Å². The van der Waals surface area contributed by atoms with E-state index < -0.39 is 0 Å². The normalized spacial score (nSPS) is 29.3. The maximum atomic E-state index is 13.2. The molecule has 1 aromatic rings. The molecule has 1 spiro atoms. The lowest BCUT2D eigenvalue weighted by Crippen LogP contribution is -2.50. The molecule has 1 aromatic carbocycles. The van der Waals surface area contributed by atoms with Gasteiger partial charge in [0, 0.05) is 43.2 Å². The van der Waals surface area contributed by atoms with Gasteiger partial charge in [-0.05, 0) is 43.7 Å². The fourth-order valence-electron chi connectivity index (χ4n) is 5.14. The molecule has 0 aromatic heterocycles. The van der Waals surface area contributed by atoms with Gasteiger partial charge < -0.3 is 9.64 Å². The van der Waals surface area contributed by atoms with Crippen LogP contribution in [0.5, 0.6) is 0 Å². The Balaban J connectivity index is 1.61. The zero-order valence-corrected chi connectivity index (χ0v) is 14.3. The number of piperidine rings is 1. The Morgan fingerprint density at radius 3 is 2.92 bits per heavy atom. The number of hydrogen-bond donors (Lipinski definition) is 0. The van der Waals surface area contributed by atoms with Gasteiger partial charge in [0.15, 0.2) is 5.78 Å². The van der Waals surface area contributed by atoms with Crippen LogP contribution in [0.4, 0.5) is 0 Å². The van der Waals surface area contributed by atoms with Crippen molar-refractivity contribution in [1.82, 2.24) is 4.90 Å². The number of carbonyl (C=O) groups is 2. The minimum atomic E-state index is 0.0994.